The van der Waals surface area contributed by atoms with Crippen molar-refractivity contribution in [3.63, 3.8) is 0 Å². The number of hydrogen-bond acceptors (Lipinski definition) is 2. The summed E-state index contributed by atoms with van der Waals surface area (Å²) in [5.74, 6) is 0.166. The Labute approximate surface area is 70.4 Å². The molecule has 0 aliphatic heterocycles. The van der Waals surface area contributed by atoms with Crippen molar-refractivity contribution < 1.29 is 9.90 Å². The van der Waals surface area contributed by atoms with E-state index in [0.29, 0.717) is 12.0 Å². The van der Waals surface area contributed by atoms with Crippen LogP contribution in [-0.4, -0.2) is 16.4 Å². The number of aromatic nitrogens is 1. The number of hydrogen-bond donors (Lipinski definition) is 2. The average molecular weight is 165 g/mol. The second kappa shape index (κ2) is 2.66. The molecular weight excluding hydrogens is 154 g/mol. The number of aryl methyl sites for hydroxylation is 1. The highest BCUT2D eigenvalue weighted by Gasteiger charge is 2.18. The maximum absolute atomic E-state index is 10.5. The predicted octanol–water partition coefficient (Wildman–Crippen LogP) is 1.41. The molecule has 0 fully saturated rings. The minimum atomic E-state index is 0.166. The molecule has 0 radical (unpaired) electrons. The number of rotatable bonds is 1. The molecule has 0 aromatic carbocycles. The summed E-state index contributed by atoms with van der Waals surface area (Å²) in [7, 11) is 0. The molecule has 12 heavy (non-hydrogen) atoms. The first-order chi connectivity index (χ1) is 5.83. The van der Waals surface area contributed by atoms with Gasteiger partial charge in [-0.25, -0.2) is 0 Å². The molecule has 1 aromatic rings. The predicted molar refractivity (Wildman–Crippen MR) is 44.5 cm³/mol. The second-order valence-corrected chi connectivity index (χ2v) is 3.17. The van der Waals surface area contributed by atoms with Crippen LogP contribution < -0.4 is 0 Å². The molecule has 0 amide bonds. The summed E-state index contributed by atoms with van der Waals surface area (Å²) in [6.07, 6.45) is 4.78. The number of carbonyl (C=O) groups is 1. The lowest BCUT2D eigenvalue weighted by atomic mass is 9.97. The van der Waals surface area contributed by atoms with E-state index in [0.717, 1.165) is 36.9 Å². The molecule has 1 heterocycles. The number of fused-ring (bicyclic) bond motifs is 1. The van der Waals surface area contributed by atoms with Gasteiger partial charge in [0, 0.05) is 11.3 Å². The Morgan fingerprint density at radius 3 is 2.75 bits per heavy atom. The summed E-state index contributed by atoms with van der Waals surface area (Å²) in [5, 5.41) is 9.51. The Hall–Kier alpha value is -1.25. The summed E-state index contributed by atoms with van der Waals surface area (Å²) in [5.41, 5.74) is 2.33. The monoisotopic (exact) mass is 165 g/mol. The van der Waals surface area contributed by atoms with E-state index in [1.807, 2.05) is 0 Å². The zero-order chi connectivity index (χ0) is 8.55. The quantitative estimate of drug-likeness (QED) is 0.618. The van der Waals surface area contributed by atoms with E-state index in [4.69, 9.17) is 0 Å². The normalized spacial score (nSPS) is 15.7. The fraction of sp³-hybridized carbons (Fsp3) is 0.444. The largest absolute Gasteiger partial charge is 0.505 e. The minimum absolute atomic E-state index is 0.166. The van der Waals surface area contributed by atoms with Crippen molar-refractivity contribution in [3.05, 3.63) is 17.0 Å². The standard InChI is InChI=1S/C9H11NO2/c11-5-8-9(12)6-3-1-2-4-7(6)10-8/h5,10,12H,1-4H2. The van der Waals surface area contributed by atoms with Crippen LogP contribution in [0, 0.1) is 0 Å². The Bertz CT molecular complexity index is 315. The van der Waals surface area contributed by atoms with Gasteiger partial charge in [-0.3, -0.25) is 4.79 Å². The van der Waals surface area contributed by atoms with E-state index in [9.17, 15) is 9.90 Å². The lowest BCUT2D eigenvalue weighted by Crippen LogP contribution is -1.99. The molecular formula is C9H11NO2. The molecule has 0 unspecified atom stereocenters. The molecule has 0 saturated heterocycles. The van der Waals surface area contributed by atoms with Crippen LogP contribution in [0.15, 0.2) is 0 Å². The van der Waals surface area contributed by atoms with Gasteiger partial charge < -0.3 is 10.1 Å². The molecule has 2 rings (SSSR count). The Morgan fingerprint density at radius 1 is 1.33 bits per heavy atom. The topological polar surface area (TPSA) is 53.1 Å². The van der Waals surface area contributed by atoms with Crippen LogP contribution in [-0.2, 0) is 12.8 Å². The maximum atomic E-state index is 10.5. The van der Waals surface area contributed by atoms with Gasteiger partial charge in [0.25, 0.3) is 0 Å². The highest BCUT2D eigenvalue weighted by atomic mass is 16.3. The average Bonchev–Trinajstić information content (AvgIpc) is 2.44. The van der Waals surface area contributed by atoms with E-state index >= 15 is 0 Å². The van der Waals surface area contributed by atoms with Gasteiger partial charge >= 0.3 is 0 Å². The molecule has 2 N–H and O–H groups in total. The van der Waals surface area contributed by atoms with Crippen molar-refractivity contribution in [2.75, 3.05) is 0 Å². The fourth-order valence-corrected chi connectivity index (χ4v) is 1.77. The van der Waals surface area contributed by atoms with Crippen LogP contribution in [0.1, 0.15) is 34.6 Å². The van der Waals surface area contributed by atoms with E-state index in [1.165, 1.54) is 0 Å². The number of H-pyrrole nitrogens is 1. The highest BCUT2D eigenvalue weighted by molar-refractivity contribution is 5.78. The number of aromatic hydroxyl groups is 1. The van der Waals surface area contributed by atoms with Crippen LogP contribution >= 0.6 is 0 Å². The van der Waals surface area contributed by atoms with Gasteiger partial charge in [-0.2, -0.15) is 0 Å². The number of aromatic amines is 1. The molecule has 1 aromatic heterocycles. The molecule has 0 atom stereocenters. The Kier molecular flexibility index (Phi) is 1.64. The van der Waals surface area contributed by atoms with Gasteiger partial charge in [0.1, 0.15) is 11.4 Å². The van der Waals surface area contributed by atoms with Gasteiger partial charge in [0.2, 0.25) is 0 Å². The first kappa shape index (κ1) is 7.40. The van der Waals surface area contributed by atoms with Gasteiger partial charge in [-0.05, 0) is 25.7 Å². The minimum Gasteiger partial charge on any atom is -0.505 e. The van der Waals surface area contributed by atoms with Gasteiger partial charge in [0.05, 0.1) is 0 Å². The zero-order valence-corrected chi connectivity index (χ0v) is 6.76. The van der Waals surface area contributed by atoms with E-state index in [2.05, 4.69) is 4.98 Å². The van der Waals surface area contributed by atoms with Crippen molar-refractivity contribution in [1.82, 2.24) is 4.98 Å². The SMILES string of the molecule is O=Cc1[nH]c2c(c1O)CCCC2. The van der Waals surface area contributed by atoms with E-state index < -0.39 is 0 Å². The van der Waals surface area contributed by atoms with Crippen LogP contribution in [0.5, 0.6) is 5.75 Å². The molecule has 64 valence electrons. The smallest absolute Gasteiger partial charge is 0.170 e. The molecule has 1 aliphatic carbocycles. The number of carbonyl (C=O) groups excluding carboxylic acids is 1. The first-order valence-corrected chi connectivity index (χ1v) is 4.21. The van der Waals surface area contributed by atoms with Crippen LogP contribution in [0.2, 0.25) is 0 Å². The van der Waals surface area contributed by atoms with Crippen LogP contribution in [0.4, 0.5) is 0 Å². The summed E-state index contributed by atoms with van der Waals surface area (Å²) >= 11 is 0. The van der Waals surface area contributed by atoms with Gasteiger partial charge in [-0.15, -0.1) is 0 Å². The van der Waals surface area contributed by atoms with Crippen LogP contribution in [0.25, 0.3) is 0 Å². The lowest BCUT2D eigenvalue weighted by Gasteiger charge is -2.09. The van der Waals surface area contributed by atoms with Crippen molar-refractivity contribution in [1.29, 1.82) is 0 Å². The Balaban J connectivity index is 2.51. The van der Waals surface area contributed by atoms with E-state index in [1.54, 1.807) is 0 Å². The summed E-state index contributed by atoms with van der Waals surface area (Å²) in [6, 6.07) is 0. The molecule has 3 nitrogen and oxygen atoms in total. The van der Waals surface area contributed by atoms with Gasteiger partial charge in [0.15, 0.2) is 6.29 Å². The second-order valence-electron chi connectivity index (χ2n) is 3.17. The first-order valence-electron chi connectivity index (χ1n) is 4.21. The number of aldehydes is 1. The van der Waals surface area contributed by atoms with Crippen molar-refractivity contribution in [3.8, 4) is 5.75 Å². The van der Waals surface area contributed by atoms with Crippen molar-refractivity contribution in [2.24, 2.45) is 0 Å². The third kappa shape index (κ3) is 0.932. The molecule has 3 heteroatoms. The van der Waals surface area contributed by atoms with Crippen molar-refractivity contribution in [2.45, 2.75) is 25.7 Å². The maximum Gasteiger partial charge on any atom is 0.170 e. The zero-order valence-electron chi connectivity index (χ0n) is 6.76. The molecule has 0 spiro atoms. The third-order valence-electron chi connectivity index (χ3n) is 2.41. The summed E-state index contributed by atoms with van der Waals surface area (Å²) in [4.78, 5) is 13.4. The summed E-state index contributed by atoms with van der Waals surface area (Å²) in [6.45, 7) is 0. The van der Waals surface area contributed by atoms with Gasteiger partial charge in [-0.1, -0.05) is 0 Å². The molecule has 0 saturated carbocycles. The van der Waals surface area contributed by atoms with Crippen LogP contribution in [0.3, 0.4) is 0 Å². The summed E-state index contributed by atoms with van der Waals surface area (Å²) < 4.78 is 0. The van der Waals surface area contributed by atoms with Crippen molar-refractivity contribution >= 4 is 6.29 Å². The number of nitrogens with one attached hydrogen (secondary N) is 1. The molecule has 0 bridgehead atoms. The third-order valence-corrected chi connectivity index (χ3v) is 2.41. The van der Waals surface area contributed by atoms with E-state index in [-0.39, 0.29) is 5.75 Å². The fourth-order valence-electron chi connectivity index (χ4n) is 1.77. The molecule has 1 aliphatic rings. The Morgan fingerprint density at radius 2 is 2.08 bits per heavy atom. The lowest BCUT2D eigenvalue weighted by molar-refractivity contribution is 0.111. The highest BCUT2D eigenvalue weighted by Crippen LogP contribution is 2.30.